The van der Waals surface area contributed by atoms with E-state index >= 15 is 0 Å². The Balaban J connectivity index is 1.45. The number of nitrogens with one attached hydrogen (secondary N) is 1. The molecule has 0 aliphatic heterocycles. The molecule has 8 heteroatoms. The van der Waals surface area contributed by atoms with Crippen LogP contribution in [-0.4, -0.2) is 26.4 Å². The summed E-state index contributed by atoms with van der Waals surface area (Å²) >= 11 is 7.35. The Kier molecular flexibility index (Phi) is 5.11. The number of aromatic nitrogens is 3. The van der Waals surface area contributed by atoms with Gasteiger partial charge in [0.2, 0.25) is 5.91 Å². The van der Waals surface area contributed by atoms with Crippen molar-refractivity contribution in [3.05, 3.63) is 59.1 Å². The summed E-state index contributed by atoms with van der Waals surface area (Å²) in [5.41, 5.74) is 2.65. The molecule has 4 aromatic rings. The summed E-state index contributed by atoms with van der Waals surface area (Å²) < 4.78 is 7.66. The Morgan fingerprint density at radius 2 is 1.96 bits per heavy atom. The Morgan fingerprint density at radius 3 is 2.75 bits per heavy atom. The van der Waals surface area contributed by atoms with Crippen LogP contribution in [0.3, 0.4) is 0 Å². The molecule has 6 nitrogen and oxygen atoms in total. The van der Waals surface area contributed by atoms with E-state index in [0.717, 1.165) is 22.2 Å². The zero-order valence-electron chi connectivity index (χ0n) is 15.3. The predicted octanol–water partition coefficient (Wildman–Crippen LogP) is 4.92. The van der Waals surface area contributed by atoms with Gasteiger partial charge in [-0.1, -0.05) is 41.1 Å². The number of fused-ring (bicyclic) bond motifs is 1. The number of amides is 1. The molecule has 0 bridgehead atoms. The number of furan rings is 1. The van der Waals surface area contributed by atoms with Gasteiger partial charge in [-0.05, 0) is 43.3 Å². The lowest BCUT2D eigenvalue weighted by molar-refractivity contribution is -0.113. The van der Waals surface area contributed by atoms with Crippen LogP contribution in [0.1, 0.15) is 5.56 Å². The highest BCUT2D eigenvalue weighted by atomic mass is 35.5. The zero-order chi connectivity index (χ0) is 19.7. The van der Waals surface area contributed by atoms with E-state index in [1.54, 1.807) is 6.07 Å². The fraction of sp³-hybridized carbons (Fsp3) is 0.150. The lowest BCUT2D eigenvalue weighted by atomic mass is 10.2. The van der Waals surface area contributed by atoms with Gasteiger partial charge in [-0.15, -0.1) is 10.2 Å². The number of anilines is 1. The molecule has 0 unspecified atom stereocenters. The number of thioether (sulfide) groups is 1. The molecule has 0 aliphatic carbocycles. The van der Waals surface area contributed by atoms with Crippen molar-refractivity contribution in [1.82, 2.24) is 14.8 Å². The van der Waals surface area contributed by atoms with Gasteiger partial charge in [-0.25, -0.2) is 0 Å². The Labute approximate surface area is 170 Å². The monoisotopic (exact) mass is 412 g/mol. The van der Waals surface area contributed by atoms with Gasteiger partial charge in [0.15, 0.2) is 16.7 Å². The average molecular weight is 413 g/mol. The second-order valence-electron chi connectivity index (χ2n) is 6.36. The number of carbonyl (C=O) groups is 1. The third-order valence-corrected chi connectivity index (χ3v) is 5.46. The van der Waals surface area contributed by atoms with Crippen LogP contribution in [0.15, 0.2) is 58.1 Å². The molecule has 0 saturated heterocycles. The van der Waals surface area contributed by atoms with E-state index in [1.807, 2.05) is 61.0 Å². The van der Waals surface area contributed by atoms with Crippen LogP contribution in [0.25, 0.3) is 22.6 Å². The minimum Gasteiger partial charge on any atom is -0.453 e. The van der Waals surface area contributed by atoms with Crippen molar-refractivity contribution < 1.29 is 9.21 Å². The molecule has 0 radical (unpaired) electrons. The van der Waals surface area contributed by atoms with E-state index in [-0.39, 0.29) is 11.7 Å². The minimum absolute atomic E-state index is 0.100. The van der Waals surface area contributed by atoms with E-state index in [4.69, 9.17) is 16.0 Å². The van der Waals surface area contributed by atoms with E-state index in [1.165, 1.54) is 11.8 Å². The van der Waals surface area contributed by atoms with Crippen molar-refractivity contribution in [2.45, 2.75) is 12.1 Å². The van der Waals surface area contributed by atoms with Crippen LogP contribution in [0.2, 0.25) is 5.02 Å². The molecule has 1 N–H and O–H groups in total. The number of hydrogen-bond donors (Lipinski definition) is 1. The molecule has 0 atom stereocenters. The second-order valence-corrected chi connectivity index (χ2v) is 7.74. The van der Waals surface area contributed by atoms with E-state index < -0.39 is 0 Å². The van der Waals surface area contributed by atoms with Crippen molar-refractivity contribution in [2.75, 3.05) is 11.1 Å². The van der Waals surface area contributed by atoms with Crippen LogP contribution in [0, 0.1) is 6.92 Å². The predicted molar refractivity (Wildman–Crippen MR) is 112 cm³/mol. The molecular weight excluding hydrogens is 396 g/mol. The topological polar surface area (TPSA) is 73.0 Å². The first-order valence-corrected chi connectivity index (χ1v) is 9.94. The van der Waals surface area contributed by atoms with Crippen molar-refractivity contribution in [3.63, 3.8) is 0 Å². The van der Waals surface area contributed by atoms with Gasteiger partial charge < -0.3 is 14.3 Å². The Bertz CT molecular complexity index is 1150. The maximum Gasteiger partial charge on any atom is 0.234 e. The minimum atomic E-state index is -0.100. The first kappa shape index (κ1) is 18.6. The summed E-state index contributed by atoms with van der Waals surface area (Å²) in [5, 5.41) is 13.4. The largest absolute Gasteiger partial charge is 0.453 e. The molecule has 0 aliphatic rings. The van der Waals surface area contributed by atoms with Gasteiger partial charge in [0, 0.05) is 23.1 Å². The van der Waals surface area contributed by atoms with Gasteiger partial charge in [-0.2, -0.15) is 0 Å². The fourth-order valence-electron chi connectivity index (χ4n) is 2.74. The van der Waals surface area contributed by atoms with E-state index in [9.17, 15) is 4.79 Å². The third-order valence-electron chi connectivity index (χ3n) is 4.20. The molecule has 1 amide bonds. The van der Waals surface area contributed by atoms with Crippen LogP contribution in [-0.2, 0) is 11.8 Å². The molecule has 2 aromatic heterocycles. The number of benzene rings is 2. The smallest absolute Gasteiger partial charge is 0.234 e. The van der Waals surface area contributed by atoms with E-state index in [0.29, 0.717) is 21.8 Å². The first-order valence-electron chi connectivity index (χ1n) is 8.58. The number of aryl methyl sites for hydroxylation is 1. The molecule has 28 heavy (non-hydrogen) atoms. The second kappa shape index (κ2) is 7.69. The molecule has 2 aromatic carbocycles. The Hall–Kier alpha value is -2.77. The molecule has 0 fully saturated rings. The van der Waals surface area contributed by atoms with Crippen molar-refractivity contribution in [1.29, 1.82) is 0 Å². The molecule has 142 valence electrons. The van der Waals surface area contributed by atoms with Crippen molar-refractivity contribution >= 4 is 45.9 Å². The molecule has 0 saturated carbocycles. The number of nitrogens with zero attached hydrogens (tertiary/aromatic N) is 3. The summed E-state index contributed by atoms with van der Waals surface area (Å²) in [7, 11) is 1.84. The van der Waals surface area contributed by atoms with Crippen LogP contribution in [0.5, 0.6) is 0 Å². The van der Waals surface area contributed by atoms with Gasteiger partial charge in [-0.3, -0.25) is 4.79 Å². The summed E-state index contributed by atoms with van der Waals surface area (Å²) in [6.45, 7) is 2.00. The highest BCUT2D eigenvalue weighted by Crippen LogP contribution is 2.30. The lowest BCUT2D eigenvalue weighted by Crippen LogP contribution is -2.14. The third kappa shape index (κ3) is 3.90. The summed E-state index contributed by atoms with van der Waals surface area (Å²) in [4.78, 5) is 12.2. The fourth-order valence-corrected chi connectivity index (χ4v) is 3.64. The lowest BCUT2D eigenvalue weighted by Gasteiger charge is -2.05. The SMILES string of the molecule is Cc1ccc(NC(=O)CSc2nnc(-c3cc4cc(Cl)ccc4o3)n2C)cc1. The van der Waals surface area contributed by atoms with Crippen LogP contribution in [0.4, 0.5) is 5.69 Å². The van der Waals surface area contributed by atoms with Gasteiger partial charge in [0.25, 0.3) is 0 Å². The number of hydrogen-bond acceptors (Lipinski definition) is 5. The van der Waals surface area contributed by atoms with Crippen molar-refractivity contribution in [3.8, 4) is 11.6 Å². The maximum absolute atomic E-state index is 12.2. The number of rotatable bonds is 5. The van der Waals surface area contributed by atoms with Crippen molar-refractivity contribution in [2.24, 2.45) is 7.05 Å². The normalized spacial score (nSPS) is 11.1. The molecular formula is C20H17ClN4O2S. The van der Waals surface area contributed by atoms with Crippen LogP contribution < -0.4 is 5.32 Å². The summed E-state index contributed by atoms with van der Waals surface area (Å²) in [5.74, 6) is 1.32. The van der Waals surface area contributed by atoms with E-state index in [2.05, 4.69) is 15.5 Å². The standard InChI is InChI=1S/C20H17ClN4O2S/c1-12-3-6-15(7-4-12)22-18(26)11-28-20-24-23-19(25(20)2)17-10-13-9-14(21)5-8-16(13)27-17/h3-10H,11H2,1-2H3,(H,22,26). The quantitative estimate of drug-likeness (QED) is 0.471. The highest BCUT2D eigenvalue weighted by molar-refractivity contribution is 7.99. The number of halogens is 1. The number of carbonyl (C=O) groups excluding carboxylic acids is 1. The van der Waals surface area contributed by atoms with Crippen LogP contribution >= 0.6 is 23.4 Å². The highest BCUT2D eigenvalue weighted by Gasteiger charge is 2.16. The van der Waals surface area contributed by atoms with Gasteiger partial charge >= 0.3 is 0 Å². The molecule has 4 rings (SSSR count). The zero-order valence-corrected chi connectivity index (χ0v) is 16.8. The molecule has 2 heterocycles. The summed E-state index contributed by atoms with van der Waals surface area (Å²) in [6.07, 6.45) is 0. The summed E-state index contributed by atoms with van der Waals surface area (Å²) in [6, 6.07) is 15.0. The Morgan fingerprint density at radius 1 is 1.18 bits per heavy atom. The van der Waals surface area contributed by atoms with Gasteiger partial charge in [0.1, 0.15) is 5.58 Å². The van der Waals surface area contributed by atoms with Gasteiger partial charge in [0.05, 0.1) is 5.75 Å². The first-order chi connectivity index (χ1) is 13.5. The maximum atomic E-state index is 12.2. The average Bonchev–Trinajstić information content (AvgIpc) is 3.24. The molecule has 0 spiro atoms.